The van der Waals surface area contributed by atoms with Crippen molar-refractivity contribution >= 4 is 11.8 Å². The molecule has 0 bridgehead atoms. The average Bonchev–Trinajstić information content (AvgIpc) is 2.67. The van der Waals surface area contributed by atoms with E-state index >= 15 is 0 Å². The molecule has 6 nitrogen and oxygen atoms in total. The molecular weight excluding hydrogens is 354 g/mol. The van der Waals surface area contributed by atoms with Gasteiger partial charge in [-0.05, 0) is 44.7 Å². The molecule has 1 aliphatic heterocycles. The standard InChI is InChI=1S/C22H35N3O3/c1-16(2)14-19(23-20(27)18-9-7-6-8-17(18)3)21(28)24-10-12-25(13-11-24)22(4,5)15-26/h6-9,16,19,26H,10-15H2,1-5H3,(H,23,27). The third-order valence-corrected chi connectivity index (χ3v) is 5.53. The highest BCUT2D eigenvalue weighted by molar-refractivity contribution is 5.98. The summed E-state index contributed by atoms with van der Waals surface area (Å²) >= 11 is 0. The molecule has 0 radical (unpaired) electrons. The van der Waals surface area contributed by atoms with Crippen LogP contribution in [0.15, 0.2) is 24.3 Å². The van der Waals surface area contributed by atoms with Gasteiger partial charge in [0, 0.05) is 37.3 Å². The van der Waals surface area contributed by atoms with Crippen LogP contribution in [0.5, 0.6) is 0 Å². The minimum Gasteiger partial charge on any atom is -0.394 e. The smallest absolute Gasteiger partial charge is 0.252 e. The summed E-state index contributed by atoms with van der Waals surface area (Å²) in [6.07, 6.45) is 0.610. The van der Waals surface area contributed by atoms with Gasteiger partial charge in [-0.1, -0.05) is 32.0 Å². The second-order valence-corrected chi connectivity index (χ2v) is 8.75. The first-order valence-electron chi connectivity index (χ1n) is 10.2. The van der Waals surface area contributed by atoms with Gasteiger partial charge in [0.05, 0.1) is 6.61 Å². The van der Waals surface area contributed by atoms with Gasteiger partial charge in [0.2, 0.25) is 5.91 Å². The van der Waals surface area contributed by atoms with Crippen LogP contribution in [0.25, 0.3) is 0 Å². The van der Waals surface area contributed by atoms with Crippen LogP contribution in [0.2, 0.25) is 0 Å². The van der Waals surface area contributed by atoms with Gasteiger partial charge in [-0.25, -0.2) is 0 Å². The Kier molecular flexibility index (Phi) is 7.61. The Morgan fingerprint density at radius 3 is 2.29 bits per heavy atom. The topological polar surface area (TPSA) is 72.9 Å². The Balaban J connectivity index is 2.06. The molecule has 1 aliphatic rings. The molecule has 0 aromatic heterocycles. The number of hydrogen-bond donors (Lipinski definition) is 2. The van der Waals surface area contributed by atoms with E-state index in [9.17, 15) is 14.7 Å². The van der Waals surface area contributed by atoms with E-state index in [4.69, 9.17) is 0 Å². The highest BCUT2D eigenvalue weighted by atomic mass is 16.3. The van der Waals surface area contributed by atoms with Crippen molar-refractivity contribution in [2.75, 3.05) is 32.8 Å². The number of nitrogens with one attached hydrogen (secondary N) is 1. The zero-order valence-corrected chi connectivity index (χ0v) is 17.9. The second-order valence-electron chi connectivity index (χ2n) is 8.75. The Morgan fingerprint density at radius 1 is 1.14 bits per heavy atom. The molecular formula is C22H35N3O3. The predicted molar refractivity (Wildman–Crippen MR) is 111 cm³/mol. The number of carbonyl (C=O) groups excluding carboxylic acids is 2. The third kappa shape index (κ3) is 5.55. The first-order valence-corrected chi connectivity index (χ1v) is 10.2. The number of aliphatic hydroxyl groups is 1. The van der Waals surface area contributed by atoms with Crippen molar-refractivity contribution in [2.45, 2.75) is 52.6 Å². The van der Waals surface area contributed by atoms with Crippen molar-refractivity contribution < 1.29 is 14.7 Å². The molecule has 0 saturated carbocycles. The maximum absolute atomic E-state index is 13.2. The lowest BCUT2D eigenvalue weighted by Crippen LogP contribution is -2.59. The number of piperazine rings is 1. The van der Waals surface area contributed by atoms with Crippen molar-refractivity contribution in [1.29, 1.82) is 0 Å². The van der Waals surface area contributed by atoms with E-state index in [0.29, 0.717) is 31.0 Å². The van der Waals surface area contributed by atoms with E-state index in [1.165, 1.54) is 0 Å². The molecule has 6 heteroatoms. The molecule has 1 aromatic rings. The molecule has 1 fully saturated rings. The lowest BCUT2D eigenvalue weighted by atomic mass is 10.00. The van der Waals surface area contributed by atoms with Crippen LogP contribution in [-0.4, -0.2) is 71.1 Å². The number of aryl methyl sites for hydroxylation is 1. The monoisotopic (exact) mass is 389 g/mol. The summed E-state index contributed by atoms with van der Waals surface area (Å²) in [5.41, 5.74) is 1.22. The average molecular weight is 390 g/mol. The summed E-state index contributed by atoms with van der Waals surface area (Å²) in [6, 6.07) is 6.90. The highest BCUT2D eigenvalue weighted by Crippen LogP contribution is 2.18. The summed E-state index contributed by atoms with van der Waals surface area (Å²) in [5, 5.41) is 12.5. The van der Waals surface area contributed by atoms with Gasteiger partial charge in [-0.2, -0.15) is 0 Å². The molecule has 0 spiro atoms. The molecule has 1 saturated heterocycles. The van der Waals surface area contributed by atoms with Crippen LogP contribution < -0.4 is 5.32 Å². The van der Waals surface area contributed by atoms with Gasteiger partial charge >= 0.3 is 0 Å². The summed E-state index contributed by atoms with van der Waals surface area (Å²) in [5.74, 6) is 0.0787. The fourth-order valence-electron chi connectivity index (χ4n) is 3.61. The molecule has 1 heterocycles. The Bertz CT molecular complexity index is 679. The fourth-order valence-corrected chi connectivity index (χ4v) is 3.61. The first-order chi connectivity index (χ1) is 13.2. The molecule has 156 valence electrons. The minimum absolute atomic E-state index is 0.0166. The summed E-state index contributed by atoms with van der Waals surface area (Å²) in [6.45, 7) is 12.8. The van der Waals surface area contributed by atoms with E-state index in [1.54, 1.807) is 6.07 Å². The van der Waals surface area contributed by atoms with Crippen LogP contribution in [0.4, 0.5) is 0 Å². The van der Waals surface area contributed by atoms with Crippen molar-refractivity contribution in [3.63, 3.8) is 0 Å². The van der Waals surface area contributed by atoms with Crippen LogP contribution >= 0.6 is 0 Å². The molecule has 0 aliphatic carbocycles. The van der Waals surface area contributed by atoms with Gasteiger partial charge in [-0.3, -0.25) is 14.5 Å². The van der Waals surface area contributed by atoms with Gasteiger partial charge in [0.15, 0.2) is 0 Å². The maximum Gasteiger partial charge on any atom is 0.252 e. The van der Waals surface area contributed by atoms with Crippen LogP contribution in [0.1, 0.15) is 50.0 Å². The lowest BCUT2D eigenvalue weighted by Gasteiger charge is -2.43. The van der Waals surface area contributed by atoms with E-state index in [0.717, 1.165) is 18.7 Å². The van der Waals surface area contributed by atoms with Gasteiger partial charge in [0.1, 0.15) is 6.04 Å². The molecule has 1 aromatic carbocycles. The number of benzene rings is 1. The lowest BCUT2D eigenvalue weighted by molar-refractivity contribution is -0.136. The Hall–Kier alpha value is -1.92. The van der Waals surface area contributed by atoms with Crippen LogP contribution in [0.3, 0.4) is 0 Å². The molecule has 2 rings (SSSR count). The van der Waals surface area contributed by atoms with E-state index < -0.39 is 6.04 Å². The van der Waals surface area contributed by atoms with Gasteiger partial charge in [-0.15, -0.1) is 0 Å². The van der Waals surface area contributed by atoms with Crippen molar-refractivity contribution in [3.05, 3.63) is 35.4 Å². The molecule has 2 N–H and O–H groups in total. The SMILES string of the molecule is Cc1ccccc1C(=O)NC(CC(C)C)C(=O)N1CCN(C(C)(C)CO)CC1. The third-order valence-electron chi connectivity index (χ3n) is 5.53. The zero-order chi connectivity index (χ0) is 20.9. The quantitative estimate of drug-likeness (QED) is 0.749. The van der Waals surface area contributed by atoms with Crippen molar-refractivity contribution in [3.8, 4) is 0 Å². The highest BCUT2D eigenvalue weighted by Gasteiger charge is 2.33. The number of carbonyl (C=O) groups is 2. The van der Waals surface area contributed by atoms with Gasteiger partial charge in [0.25, 0.3) is 5.91 Å². The van der Waals surface area contributed by atoms with Crippen molar-refractivity contribution in [2.24, 2.45) is 5.92 Å². The van der Waals surface area contributed by atoms with Crippen LogP contribution in [-0.2, 0) is 4.79 Å². The number of amides is 2. The Morgan fingerprint density at radius 2 is 1.75 bits per heavy atom. The second kappa shape index (κ2) is 9.52. The van der Waals surface area contributed by atoms with Crippen molar-refractivity contribution in [1.82, 2.24) is 15.1 Å². The van der Waals surface area contributed by atoms with E-state index in [1.807, 2.05) is 43.9 Å². The zero-order valence-electron chi connectivity index (χ0n) is 17.9. The van der Waals surface area contributed by atoms with Gasteiger partial charge < -0.3 is 15.3 Å². The summed E-state index contributed by atoms with van der Waals surface area (Å²) in [4.78, 5) is 30.0. The minimum atomic E-state index is -0.524. The van der Waals surface area contributed by atoms with E-state index in [-0.39, 0.29) is 24.0 Å². The fraction of sp³-hybridized carbons (Fsp3) is 0.636. The summed E-state index contributed by atoms with van der Waals surface area (Å²) < 4.78 is 0. The number of nitrogens with zero attached hydrogens (tertiary/aromatic N) is 2. The number of aliphatic hydroxyl groups excluding tert-OH is 1. The number of hydrogen-bond acceptors (Lipinski definition) is 4. The summed E-state index contributed by atoms with van der Waals surface area (Å²) in [7, 11) is 0. The molecule has 28 heavy (non-hydrogen) atoms. The maximum atomic E-state index is 13.2. The Labute approximate surface area is 168 Å². The predicted octanol–water partition coefficient (Wildman–Crippen LogP) is 2.05. The largest absolute Gasteiger partial charge is 0.394 e. The van der Waals surface area contributed by atoms with E-state index in [2.05, 4.69) is 24.1 Å². The molecule has 2 amide bonds. The normalized spacial score (nSPS) is 16.9. The first kappa shape index (κ1) is 22.4. The number of rotatable bonds is 7. The van der Waals surface area contributed by atoms with Crippen LogP contribution in [0, 0.1) is 12.8 Å². The molecule has 1 unspecified atom stereocenters. The molecule has 1 atom stereocenters.